The minimum absolute atomic E-state index is 0.104. The third-order valence-corrected chi connectivity index (χ3v) is 2.96. The van der Waals surface area contributed by atoms with Gasteiger partial charge in [-0.2, -0.15) is 0 Å². The second-order valence-corrected chi connectivity index (χ2v) is 4.41. The number of carbonyl (C=O) groups excluding carboxylic acids is 1. The van der Waals surface area contributed by atoms with Crippen molar-refractivity contribution >= 4 is 11.5 Å². The second kappa shape index (κ2) is 6.10. The van der Waals surface area contributed by atoms with Crippen LogP contribution in [0.3, 0.4) is 0 Å². The lowest BCUT2D eigenvalue weighted by atomic mass is 10.1. The number of rotatable bonds is 5. The van der Waals surface area contributed by atoms with Crippen LogP contribution >= 0.6 is 0 Å². The zero-order chi connectivity index (χ0) is 14.5. The lowest BCUT2D eigenvalue weighted by molar-refractivity contribution is 0.101. The normalized spacial score (nSPS) is 10.1. The predicted octanol–water partition coefficient (Wildman–Crippen LogP) is 3.06. The SMILES string of the molecule is COc1ccc(COc2cccc(N)c2C(C)=O)cc1. The Morgan fingerprint density at radius 3 is 2.45 bits per heavy atom. The smallest absolute Gasteiger partial charge is 0.165 e. The number of nitrogens with two attached hydrogens (primary N) is 1. The van der Waals surface area contributed by atoms with Crippen molar-refractivity contribution in [1.82, 2.24) is 0 Å². The van der Waals surface area contributed by atoms with Gasteiger partial charge < -0.3 is 15.2 Å². The van der Waals surface area contributed by atoms with Crippen LogP contribution in [0.5, 0.6) is 11.5 Å². The Bertz CT molecular complexity index is 606. The average molecular weight is 271 g/mol. The van der Waals surface area contributed by atoms with Crippen molar-refractivity contribution in [3.63, 3.8) is 0 Å². The number of nitrogen functional groups attached to an aromatic ring is 1. The molecule has 0 unspecified atom stereocenters. The van der Waals surface area contributed by atoms with Gasteiger partial charge in [-0.3, -0.25) is 4.79 Å². The maximum Gasteiger partial charge on any atom is 0.165 e. The van der Waals surface area contributed by atoms with Gasteiger partial charge >= 0.3 is 0 Å². The van der Waals surface area contributed by atoms with E-state index in [1.807, 2.05) is 24.3 Å². The first-order chi connectivity index (χ1) is 9.61. The summed E-state index contributed by atoms with van der Waals surface area (Å²) in [5, 5.41) is 0. The summed E-state index contributed by atoms with van der Waals surface area (Å²) in [5.74, 6) is 1.20. The molecular weight excluding hydrogens is 254 g/mol. The van der Waals surface area contributed by atoms with Crippen molar-refractivity contribution in [2.24, 2.45) is 0 Å². The number of benzene rings is 2. The van der Waals surface area contributed by atoms with E-state index in [2.05, 4.69) is 0 Å². The highest BCUT2D eigenvalue weighted by molar-refractivity contribution is 6.01. The molecule has 2 rings (SSSR count). The molecule has 0 saturated heterocycles. The molecule has 4 heteroatoms. The van der Waals surface area contributed by atoms with Gasteiger partial charge in [0.1, 0.15) is 18.1 Å². The van der Waals surface area contributed by atoms with Gasteiger partial charge in [-0.25, -0.2) is 0 Å². The summed E-state index contributed by atoms with van der Waals surface area (Å²) in [6, 6.07) is 12.8. The monoisotopic (exact) mass is 271 g/mol. The van der Waals surface area contributed by atoms with E-state index >= 15 is 0 Å². The number of methoxy groups -OCH3 is 1. The van der Waals surface area contributed by atoms with Gasteiger partial charge in [0.15, 0.2) is 5.78 Å². The van der Waals surface area contributed by atoms with Crippen LogP contribution in [-0.2, 0) is 6.61 Å². The Labute approximate surface area is 118 Å². The Balaban J connectivity index is 2.14. The predicted molar refractivity (Wildman–Crippen MR) is 78.2 cm³/mol. The number of anilines is 1. The first kappa shape index (κ1) is 13.9. The van der Waals surface area contributed by atoms with Gasteiger partial charge in [0.05, 0.1) is 12.7 Å². The van der Waals surface area contributed by atoms with Crippen LogP contribution in [0.1, 0.15) is 22.8 Å². The van der Waals surface area contributed by atoms with E-state index in [0.29, 0.717) is 23.6 Å². The van der Waals surface area contributed by atoms with E-state index in [0.717, 1.165) is 11.3 Å². The molecule has 2 aromatic carbocycles. The molecule has 0 atom stereocenters. The Morgan fingerprint density at radius 2 is 1.85 bits per heavy atom. The standard InChI is InChI=1S/C16H17NO3/c1-11(18)16-14(17)4-3-5-15(16)20-10-12-6-8-13(19-2)9-7-12/h3-9H,10,17H2,1-2H3. The second-order valence-electron chi connectivity index (χ2n) is 4.41. The third kappa shape index (κ3) is 3.09. The van der Waals surface area contributed by atoms with Crippen LogP contribution < -0.4 is 15.2 Å². The summed E-state index contributed by atoms with van der Waals surface area (Å²) in [7, 11) is 1.62. The largest absolute Gasteiger partial charge is 0.497 e. The summed E-state index contributed by atoms with van der Waals surface area (Å²) < 4.78 is 10.8. The zero-order valence-electron chi connectivity index (χ0n) is 11.6. The molecule has 2 aromatic rings. The molecule has 4 nitrogen and oxygen atoms in total. The topological polar surface area (TPSA) is 61.6 Å². The van der Waals surface area contributed by atoms with E-state index in [4.69, 9.17) is 15.2 Å². The number of hydrogen-bond acceptors (Lipinski definition) is 4. The lowest BCUT2D eigenvalue weighted by Crippen LogP contribution is -2.05. The highest BCUT2D eigenvalue weighted by atomic mass is 16.5. The highest BCUT2D eigenvalue weighted by Crippen LogP contribution is 2.25. The van der Waals surface area contributed by atoms with E-state index in [1.54, 1.807) is 25.3 Å². The quantitative estimate of drug-likeness (QED) is 0.670. The number of carbonyl (C=O) groups is 1. The van der Waals surface area contributed by atoms with Gasteiger partial charge in [0, 0.05) is 5.69 Å². The van der Waals surface area contributed by atoms with Crippen molar-refractivity contribution in [2.75, 3.05) is 12.8 Å². The van der Waals surface area contributed by atoms with Gasteiger partial charge in [0.2, 0.25) is 0 Å². The molecule has 0 radical (unpaired) electrons. The number of ether oxygens (including phenoxy) is 2. The summed E-state index contributed by atoms with van der Waals surface area (Å²) in [4.78, 5) is 11.6. The Morgan fingerprint density at radius 1 is 1.15 bits per heavy atom. The fourth-order valence-corrected chi connectivity index (χ4v) is 1.93. The summed E-state index contributed by atoms with van der Waals surface area (Å²) >= 11 is 0. The van der Waals surface area contributed by atoms with Crippen molar-refractivity contribution in [3.8, 4) is 11.5 Å². The third-order valence-electron chi connectivity index (χ3n) is 2.96. The molecule has 0 aromatic heterocycles. The average Bonchev–Trinajstić information content (AvgIpc) is 2.45. The van der Waals surface area contributed by atoms with Crippen molar-refractivity contribution < 1.29 is 14.3 Å². The molecule has 0 amide bonds. The maximum atomic E-state index is 11.6. The van der Waals surface area contributed by atoms with E-state index in [9.17, 15) is 4.79 Å². The van der Waals surface area contributed by atoms with Crippen LogP contribution in [-0.4, -0.2) is 12.9 Å². The summed E-state index contributed by atoms with van der Waals surface area (Å²) in [6.07, 6.45) is 0. The van der Waals surface area contributed by atoms with E-state index in [-0.39, 0.29) is 5.78 Å². The Kier molecular flexibility index (Phi) is 4.25. The number of hydrogen-bond donors (Lipinski definition) is 1. The van der Waals surface area contributed by atoms with Gasteiger partial charge in [-0.15, -0.1) is 0 Å². The van der Waals surface area contributed by atoms with Gasteiger partial charge in [-0.05, 0) is 36.8 Å². The summed E-state index contributed by atoms with van der Waals surface area (Å²) in [6.45, 7) is 1.85. The van der Waals surface area contributed by atoms with Crippen LogP contribution in [0, 0.1) is 0 Å². The van der Waals surface area contributed by atoms with Gasteiger partial charge in [0.25, 0.3) is 0 Å². The lowest BCUT2D eigenvalue weighted by Gasteiger charge is -2.12. The van der Waals surface area contributed by atoms with E-state index < -0.39 is 0 Å². The molecule has 0 heterocycles. The van der Waals surface area contributed by atoms with Gasteiger partial charge in [-0.1, -0.05) is 18.2 Å². The molecule has 0 saturated carbocycles. The molecular formula is C16H17NO3. The van der Waals surface area contributed by atoms with E-state index in [1.165, 1.54) is 6.92 Å². The van der Waals surface area contributed by atoms with Crippen molar-refractivity contribution in [3.05, 3.63) is 53.6 Å². The number of Topliss-reactive ketones (excluding diaryl/α,β-unsaturated/α-hetero) is 1. The van der Waals surface area contributed by atoms with Crippen LogP contribution in [0.2, 0.25) is 0 Å². The molecule has 0 fully saturated rings. The molecule has 104 valence electrons. The fraction of sp³-hybridized carbons (Fsp3) is 0.188. The van der Waals surface area contributed by atoms with Crippen LogP contribution in [0.4, 0.5) is 5.69 Å². The minimum Gasteiger partial charge on any atom is -0.497 e. The molecule has 0 aliphatic carbocycles. The van der Waals surface area contributed by atoms with Crippen LogP contribution in [0.15, 0.2) is 42.5 Å². The minimum atomic E-state index is -0.104. The fourth-order valence-electron chi connectivity index (χ4n) is 1.93. The molecule has 2 N–H and O–H groups in total. The first-order valence-electron chi connectivity index (χ1n) is 6.27. The molecule has 0 aliphatic rings. The number of ketones is 1. The maximum absolute atomic E-state index is 11.6. The molecule has 0 aliphatic heterocycles. The summed E-state index contributed by atoms with van der Waals surface area (Å²) in [5.41, 5.74) is 7.67. The van der Waals surface area contributed by atoms with Crippen molar-refractivity contribution in [2.45, 2.75) is 13.5 Å². The van der Waals surface area contributed by atoms with Crippen molar-refractivity contribution in [1.29, 1.82) is 0 Å². The van der Waals surface area contributed by atoms with Crippen LogP contribution in [0.25, 0.3) is 0 Å². The first-order valence-corrected chi connectivity index (χ1v) is 6.27. The molecule has 0 spiro atoms. The molecule has 0 bridgehead atoms. The molecule has 20 heavy (non-hydrogen) atoms. The zero-order valence-corrected chi connectivity index (χ0v) is 11.6. The Hall–Kier alpha value is -2.49. The highest BCUT2D eigenvalue weighted by Gasteiger charge is 2.12.